The molecule has 1 aliphatic rings. The van der Waals surface area contributed by atoms with E-state index in [0.29, 0.717) is 0 Å². The van der Waals surface area contributed by atoms with Crippen LogP contribution in [0, 0.1) is 24.0 Å². The highest BCUT2D eigenvalue weighted by atomic mass is 19.1. The van der Waals surface area contributed by atoms with Gasteiger partial charge in [0.05, 0.1) is 6.04 Å². The zero-order valence-electron chi connectivity index (χ0n) is 10.1. The summed E-state index contributed by atoms with van der Waals surface area (Å²) in [6.45, 7) is 1.60. The zero-order chi connectivity index (χ0) is 14.2. The van der Waals surface area contributed by atoms with Crippen LogP contribution >= 0.6 is 0 Å². The molecule has 1 heterocycles. The normalized spacial score (nSPS) is 20.1. The number of urea groups is 1. The van der Waals surface area contributed by atoms with Crippen LogP contribution in [0.25, 0.3) is 0 Å². The van der Waals surface area contributed by atoms with Gasteiger partial charge in [0.25, 0.3) is 0 Å². The number of benzene rings is 1. The first-order chi connectivity index (χ1) is 8.95. The smallest absolute Gasteiger partial charge is 0.347 e. The van der Waals surface area contributed by atoms with Crippen LogP contribution in [0.3, 0.4) is 0 Å². The van der Waals surface area contributed by atoms with Crippen molar-refractivity contribution in [3.05, 3.63) is 35.4 Å². The Bertz CT molecular complexity index is 606. The minimum absolute atomic E-state index is 0.0578. The molecule has 2 rings (SSSR count). The Labute approximate surface area is 108 Å². The molecule has 98 valence electrons. The average molecular weight is 263 g/mol. The maximum atomic E-state index is 13.8. The Balaban J connectivity index is 2.49. The van der Waals surface area contributed by atoms with Gasteiger partial charge < -0.3 is 5.73 Å². The Morgan fingerprint density at radius 2 is 2.21 bits per heavy atom. The van der Waals surface area contributed by atoms with Crippen molar-refractivity contribution in [2.45, 2.75) is 19.0 Å². The fraction of sp³-hybridized carbons (Fsp3) is 0.231. The fourth-order valence-corrected chi connectivity index (χ4v) is 1.98. The van der Waals surface area contributed by atoms with Gasteiger partial charge in [-0.15, -0.1) is 6.42 Å². The number of hydrogen-bond acceptors (Lipinski definition) is 2. The lowest BCUT2D eigenvalue weighted by Gasteiger charge is -2.27. The molecular weight excluding hydrogens is 252 g/mol. The van der Waals surface area contributed by atoms with E-state index in [4.69, 9.17) is 12.2 Å². The van der Waals surface area contributed by atoms with E-state index in [-0.39, 0.29) is 11.4 Å². The summed E-state index contributed by atoms with van der Waals surface area (Å²) in [5, 5.41) is 0. The first-order valence-corrected chi connectivity index (χ1v) is 5.53. The summed E-state index contributed by atoms with van der Waals surface area (Å²) in [6.07, 6.45) is 5.27. The number of hydrogen-bond donors (Lipinski definition) is 1. The maximum Gasteiger partial charge on any atom is 0.347 e. The van der Waals surface area contributed by atoms with Gasteiger partial charge in [-0.3, -0.25) is 4.90 Å². The summed E-state index contributed by atoms with van der Waals surface area (Å²) >= 11 is 0. The largest absolute Gasteiger partial charge is 0.385 e. The molecule has 1 aromatic rings. The summed E-state index contributed by atoms with van der Waals surface area (Å²) in [5.74, 6) is 0.801. The Morgan fingerprint density at radius 1 is 1.53 bits per heavy atom. The number of aliphatic imine (C=N–C) groups is 1. The molecule has 2 atom stereocenters. The number of nitrogens with two attached hydrogens (primary N) is 1. The summed E-state index contributed by atoms with van der Waals surface area (Å²) in [6, 6.07) is 0.909. The first-order valence-electron chi connectivity index (χ1n) is 5.53. The molecule has 0 saturated heterocycles. The number of carbonyl (C=O) groups excluding carboxylic acids is 1. The average Bonchev–Trinajstić information content (AvgIpc) is 2.63. The van der Waals surface area contributed by atoms with Gasteiger partial charge >= 0.3 is 6.03 Å². The van der Waals surface area contributed by atoms with E-state index >= 15 is 0 Å². The highest BCUT2D eigenvalue weighted by Crippen LogP contribution is 2.30. The molecule has 0 spiro atoms. The van der Waals surface area contributed by atoms with Gasteiger partial charge in [0, 0.05) is 11.6 Å². The second-order valence-electron chi connectivity index (χ2n) is 4.14. The van der Waals surface area contributed by atoms with Crippen LogP contribution in [0.4, 0.5) is 13.6 Å². The molecular formula is C13H11F2N3O. The number of halogens is 2. The van der Waals surface area contributed by atoms with E-state index in [1.165, 1.54) is 11.0 Å². The van der Waals surface area contributed by atoms with Gasteiger partial charge in [-0.25, -0.2) is 13.6 Å². The van der Waals surface area contributed by atoms with Crippen molar-refractivity contribution in [3.8, 4) is 12.3 Å². The highest BCUT2D eigenvalue weighted by molar-refractivity contribution is 6.03. The number of nitrogens with zero attached hydrogens (tertiary/aromatic N) is 2. The topological polar surface area (TPSA) is 58.7 Å². The predicted octanol–water partition coefficient (Wildman–Crippen LogP) is 1.82. The van der Waals surface area contributed by atoms with Gasteiger partial charge in [0.15, 0.2) is 0 Å². The quantitative estimate of drug-likeness (QED) is 0.827. The molecule has 0 fully saturated rings. The lowest BCUT2D eigenvalue weighted by Crippen LogP contribution is -2.39. The maximum absolute atomic E-state index is 13.8. The predicted molar refractivity (Wildman–Crippen MR) is 66.3 cm³/mol. The second kappa shape index (κ2) is 4.69. The molecule has 0 aliphatic carbocycles. The fourth-order valence-electron chi connectivity index (χ4n) is 1.98. The van der Waals surface area contributed by atoms with Crippen LogP contribution in [0.1, 0.15) is 18.5 Å². The molecule has 2 unspecified atom stereocenters. The third-order valence-electron chi connectivity index (χ3n) is 2.92. The summed E-state index contributed by atoms with van der Waals surface area (Å²) in [5.41, 5.74) is 5.72. The van der Waals surface area contributed by atoms with Crippen LogP contribution in [0.2, 0.25) is 0 Å². The van der Waals surface area contributed by atoms with E-state index in [1.54, 1.807) is 6.92 Å². The number of amides is 2. The molecule has 2 N–H and O–H groups in total. The van der Waals surface area contributed by atoms with Crippen molar-refractivity contribution in [1.29, 1.82) is 0 Å². The minimum atomic E-state index is -0.904. The van der Waals surface area contributed by atoms with Gasteiger partial charge in [-0.2, -0.15) is 4.99 Å². The third kappa shape index (κ3) is 2.15. The molecule has 0 saturated carbocycles. The van der Waals surface area contributed by atoms with Crippen LogP contribution in [-0.2, 0) is 0 Å². The molecule has 0 bridgehead atoms. The number of rotatable bonds is 2. The number of terminal acetylenes is 1. The van der Waals surface area contributed by atoms with Crippen molar-refractivity contribution >= 4 is 11.9 Å². The van der Waals surface area contributed by atoms with E-state index in [9.17, 15) is 13.6 Å². The van der Waals surface area contributed by atoms with Crippen LogP contribution in [0.5, 0.6) is 0 Å². The lowest BCUT2D eigenvalue weighted by molar-refractivity contribution is 0.198. The molecule has 2 amide bonds. The summed E-state index contributed by atoms with van der Waals surface area (Å²) in [7, 11) is 0. The molecule has 4 nitrogen and oxygen atoms in total. The molecule has 1 aliphatic heterocycles. The van der Waals surface area contributed by atoms with E-state index in [2.05, 4.69) is 10.9 Å². The SMILES string of the molecule is C#CC(C)N1C(=O)N=C(N)C1c1ccc(F)cc1F. The van der Waals surface area contributed by atoms with Crippen LogP contribution in [0.15, 0.2) is 23.2 Å². The van der Waals surface area contributed by atoms with Gasteiger partial charge in [-0.05, 0) is 13.0 Å². The molecule has 0 aromatic heterocycles. The molecule has 6 heteroatoms. The monoisotopic (exact) mass is 263 g/mol. The Hall–Kier alpha value is -2.42. The van der Waals surface area contributed by atoms with Crippen molar-refractivity contribution < 1.29 is 13.6 Å². The first kappa shape index (κ1) is 13.0. The van der Waals surface area contributed by atoms with Crippen LogP contribution in [-0.4, -0.2) is 22.8 Å². The highest BCUT2D eigenvalue weighted by Gasteiger charge is 2.38. The van der Waals surface area contributed by atoms with Crippen molar-refractivity contribution in [3.63, 3.8) is 0 Å². The Morgan fingerprint density at radius 3 is 2.79 bits per heavy atom. The zero-order valence-corrected chi connectivity index (χ0v) is 10.1. The van der Waals surface area contributed by atoms with Crippen molar-refractivity contribution in [2.75, 3.05) is 0 Å². The van der Waals surface area contributed by atoms with Crippen molar-refractivity contribution in [2.24, 2.45) is 10.7 Å². The van der Waals surface area contributed by atoms with Gasteiger partial charge in [0.1, 0.15) is 23.5 Å². The van der Waals surface area contributed by atoms with Crippen LogP contribution < -0.4 is 5.73 Å². The standard InChI is InChI=1S/C13H11F2N3O/c1-3-7(2)18-11(12(16)17-13(18)19)9-5-4-8(14)6-10(9)15/h1,4-7,11H,2H3,(H2,16,17,19). The molecule has 19 heavy (non-hydrogen) atoms. The number of carbonyl (C=O) groups is 1. The molecule has 0 radical (unpaired) electrons. The molecule has 1 aromatic carbocycles. The number of amidine groups is 1. The van der Waals surface area contributed by atoms with Gasteiger partial charge in [-0.1, -0.05) is 12.0 Å². The van der Waals surface area contributed by atoms with E-state index in [0.717, 1.165) is 12.1 Å². The summed E-state index contributed by atoms with van der Waals surface area (Å²) < 4.78 is 26.7. The Kier molecular flexibility index (Phi) is 3.21. The van der Waals surface area contributed by atoms with Gasteiger partial charge in [0.2, 0.25) is 0 Å². The van der Waals surface area contributed by atoms with E-state index < -0.39 is 29.7 Å². The minimum Gasteiger partial charge on any atom is -0.385 e. The van der Waals surface area contributed by atoms with Crippen molar-refractivity contribution in [1.82, 2.24) is 4.90 Å². The lowest BCUT2D eigenvalue weighted by atomic mass is 10.0. The van der Waals surface area contributed by atoms with E-state index in [1.807, 2.05) is 0 Å². The summed E-state index contributed by atoms with van der Waals surface area (Å²) in [4.78, 5) is 16.5. The second-order valence-corrected chi connectivity index (χ2v) is 4.14. The third-order valence-corrected chi connectivity index (χ3v) is 2.92.